The van der Waals surface area contributed by atoms with E-state index in [4.69, 9.17) is 11.6 Å². The molecule has 0 saturated carbocycles. The van der Waals surface area contributed by atoms with Crippen LogP contribution in [0.25, 0.3) is 5.69 Å². The fourth-order valence-corrected chi connectivity index (χ4v) is 2.51. The number of pyridine rings is 1. The summed E-state index contributed by atoms with van der Waals surface area (Å²) in [5.41, 5.74) is 0.927. The molecule has 0 fully saturated rings. The minimum Gasteiger partial charge on any atom is -0.324 e. The fraction of sp³-hybridized carbons (Fsp3) is 0.125. The number of nitrogens with zero attached hydrogens (tertiary/aromatic N) is 4. The number of nitrogens with one attached hydrogen (secondary N) is 1. The van der Waals surface area contributed by atoms with Crippen molar-refractivity contribution in [2.75, 3.05) is 5.32 Å². The molecule has 0 atom stereocenters. The van der Waals surface area contributed by atoms with Crippen LogP contribution in [-0.4, -0.2) is 25.2 Å². The second-order valence-electron chi connectivity index (χ2n) is 5.01. The zero-order valence-electron chi connectivity index (χ0n) is 12.6. The van der Waals surface area contributed by atoms with Crippen LogP contribution in [0.1, 0.15) is 6.42 Å². The molecule has 0 aliphatic heterocycles. The summed E-state index contributed by atoms with van der Waals surface area (Å²) in [6.45, 7) is 0.296. The van der Waals surface area contributed by atoms with Gasteiger partial charge in [0.15, 0.2) is 0 Å². The normalized spacial score (nSPS) is 10.5. The number of aryl methyl sites for hydroxylation is 1. The van der Waals surface area contributed by atoms with E-state index in [-0.39, 0.29) is 17.9 Å². The number of carbonyl (C=O) groups excluding carboxylic acids is 1. The van der Waals surface area contributed by atoms with Crippen LogP contribution in [0.4, 0.5) is 5.69 Å². The Kier molecular flexibility index (Phi) is 4.72. The predicted octanol–water partition coefficient (Wildman–Crippen LogP) is 2.11. The van der Waals surface area contributed by atoms with Crippen LogP contribution in [0.2, 0.25) is 5.02 Å². The molecule has 0 spiro atoms. The van der Waals surface area contributed by atoms with E-state index in [1.54, 1.807) is 36.5 Å². The molecule has 24 heavy (non-hydrogen) atoms. The van der Waals surface area contributed by atoms with Crippen molar-refractivity contribution in [2.24, 2.45) is 0 Å². The number of halogens is 1. The van der Waals surface area contributed by atoms with E-state index in [1.165, 1.54) is 28.0 Å². The highest BCUT2D eigenvalue weighted by Crippen LogP contribution is 2.27. The Labute approximate surface area is 142 Å². The summed E-state index contributed by atoms with van der Waals surface area (Å²) in [6.07, 6.45) is 4.69. The van der Waals surface area contributed by atoms with Crippen molar-refractivity contribution in [3.63, 3.8) is 0 Å². The Hall–Kier alpha value is -2.93. The molecule has 0 unspecified atom stereocenters. The molecular formula is C16H14ClN5O2. The zero-order valence-corrected chi connectivity index (χ0v) is 13.3. The molecule has 0 radical (unpaired) electrons. The van der Waals surface area contributed by atoms with Gasteiger partial charge in [0.2, 0.25) is 5.91 Å². The summed E-state index contributed by atoms with van der Waals surface area (Å²) in [5, 5.41) is 7.29. The molecule has 8 heteroatoms. The van der Waals surface area contributed by atoms with Crippen LogP contribution in [0.15, 0.2) is 60.0 Å². The van der Waals surface area contributed by atoms with Gasteiger partial charge >= 0.3 is 0 Å². The fourth-order valence-electron chi connectivity index (χ4n) is 2.25. The molecule has 1 N–H and O–H groups in total. The first kappa shape index (κ1) is 15.9. The Balaban J connectivity index is 1.75. The first-order valence-electron chi connectivity index (χ1n) is 7.24. The van der Waals surface area contributed by atoms with E-state index in [9.17, 15) is 9.59 Å². The molecule has 122 valence electrons. The maximum atomic E-state index is 12.2. The summed E-state index contributed by atoms with van der Waals surface area (Å²) < 4.78 is 2.97. The van der Waals surface area contributed by atoms with E-state index in [0.29, 0.717) is 22.9 Å². The van der Waals surface area contributed by atoms with Crippen LogP contribution in [0.5, 0.6) is 0 Å². The lowest BCUT2D eigenvalue weighted by atomic mass is 10.2. The lowest BCUT2D eigenvalue weighted by Crippen LogP contribution is -2.22. The maximum Gasteiger partial charge on any atom is 0.250 e. The minimum atomic E-state index is -0.227. The number of para-hydroxylation sites is 1. The topological polar surface area (TPSA) is 81.8 Å². The van der Waals surface area contributed by atoms with Crippen molar-refractivity contribution in [1.82, 2.24) is 19.3 Å². The minimum absolute atomic E-state index is 0.142. The molecular weight excluding hydrogens is 330 g/mol. The van der Waals surface area contributed by atoms with E-state index in [0.717, 1.165) is 0 Å². The number of carbonyl (C=O) groups is 1. The quantitative estimate of drug-likeness (QED) is 0.769. The van der Waals surface area contributed by atoms with Crippen LogP contribution < -0.4 is 10.9 Å². The average Bonchev–Trinajstić information content (AvgIpc) is 3.08. The number of anilines is 1. The lowest BCUT2D eigenvalue weighted by Gasteiger charge is -2.12. The average molecular weight is 344 g/mol. The van der Waals surface area contributed by atoms with Gasteiger partial charge < -0.3 is 9.88 Å². The number of benzene rings is 1. The zero-order chi connectivity index (χ0) is 16.9. The van der Waals surface area contributed by atoms with Crippen LogP contribution in [-0.2, 0) is 11.3 Å². The summed E-state index contributed by atoms with van der Waals surface area (Å²) >= 11 is 6.21. The van der Waals surface area contributed by atoms with Gasteiger partial charge in [-0.2, -0.15) is 5.10 Å². The number of hydrogen-bond donors (Lipinski definition) is 1. The van der Waals surface area contributed by atoms with Crippen molar-refractivity contribution in [3.05, 3.63) is 70.6 Å². The highest BCUT2D eigenvalue weighted by Gasteiger charge is 2.12. The van der Waals surface area contributed by atoms with E-state index in [2.05, 4.69) is 15.4 Å². The van der Waals surface area contributed by atoms with Crippen molar-refractivity contribution < 1.29 is 4.79 Å². The Morgan fingerprint density at radius 2 is 2.08 bits per heavy atom. The summed E-state index contributed by atoms with van der Waals surface area (Å²) in [6, 6.07) is 10.0. The van der Waals surface area contributed by atoms with Crippen molar-refractivity contribution in [1.29, 1.82) is 0 Å². The summed E-state index contributed by atoms with van der Waals surface area (Å²) in [5.74, 6) is -0.227. The van der Waals surface area contributed by atoms with Gasteiger partial charge in [-0.3, -0.25) is 9.59 Å². The summed E-state index contributed by atoms with van der Waals surface area (Å²) in [7, 11) is 0. The third kappa shape index (κ3) is 3.52. The molecule has 1 aromatic carbocycles. The molecule has 2 aromatic heterocycles. The molecule has 0 aliphatic carbocycles. The molecule has 0 saturated heterocycles. The predicted molar refractivity (Wildman–Crippen MR) is 90.3 cm³/mol. The number of rotatable bonds is 5. The third-order valence-corrected chi connectivity index (χ3v) is 3.69. The molecule has 3 rings (SSSR count). The molecule has 2 heterocycles. The highest BCUT2D eigenvalue weighted by molar-refractivity contribution is 6.33. The molecule has 0 bridgehead atoms. The van der Waals surface area contributed by atoms with E-state index in [1.807, 2.05) is 0 Å². The monoisotopic (exact) mass is 343 g/mol. The summed E-state index contributed by atoms with van der Waals surface area (Å²) in [4.78, 5) is 27.7. The number of amides is 1. The Morgan fingerprint density at radius 1 is 1.21 bits per heavy atom. The lowest BCUT2D eigenvalue weighted by molar-refractivity contribution is -0.116. The highest BCUT2D eigenvalue weighted by atomic mass is 35.5. The van der Waals surface area contributed by atoms with Gasteiger partial charge in [0, 0.05) is 25.2 Å². The van der Waals surface area contributed by atoms with Crippen LogP contribution in [0.3, 0.4) is 0 Å². The van der Waals surface area contributed by atoms with Gasteiger partial charge in [0.05, 0.1) is 10.7 Å². The molecule has 1 amide bonds. The molecule has 3 aromatic rings. The largest absolute Gasteiger partial charge is 0.324 e. The number of aromatic nitrogens is 4. The van der Waals surface area contributed by atoms with Crippen LogP contribution >= 0.6 is 11.6 Å². The second kappa shape index (κ2) is 7.10. The SMILES string of the molecule is O=C(CCn1ccccc1=O)Nc1cccc(Cl)c1-n1cncn1. The van der Waals surface area contributed by atoms with Gasteiger partial charge in [0.25, 0.3) is 5.56 Å². The smallest absolute Gasteiger partial charge is 0.250 e. The Morgan fingerprint density at radius 3 is 2.83 bits per heavy atom. The maximum absolute atomic E-state index is 12.2. The number of hydrogen-bond acceptors (Lipinski definition) is 4. The van der Waals surface area contributed by atoms with Crippen molar-refractivity contribution in [3.8, 4) is 5.69 Å². The van der Waals surface area contributed by atoms with Gasteiger partial charge in [0.1, 0.15) is 18.3 Å². The van der Waals surface area contributed by atoms with Gasteiger partial charge in [-0.05, 0) is 18.2 Å². The molecule has 7 nitrogen and oxygen atoms in total. The second-order valence-corrected chi connectivity index (χ2v) is 5.41. The third-order valence-electron chi connectivity index (χ3n) is 3.39. The standard InChI is InChI=1S/C16H14ClN5O2/c17-12-4-3-5-13(16(12)22-11-18-10-19-22)20-14(23)7-9-21-8-2-1-6-15(21)24/h1-6,8,10-11H,7,9H2,(H,20,23). The van der Waals surface area contributed by atoms with E-state index < -0.39 is 0 Å². The Bertz CT molecular complexity index is 905. The van der Waals surface area contributed by atoms with Crippen LogP contribution in [0, 0.1) is 0 Å². The van der Waals surface area contributed by atoms with Gasteiger partial charge in [-0.25, -0.2) is 9.67 Å². The van der Waals surface area contributed by atoms with Crippen molar-refractivity contribution in [2.45, 2.75) is 13.0 Å². The van der Waals surface area contributed by atoms with E-state index >= 15 is 0 Å². The first-order valence-corrected chi connectivity index (χ1v) is 7.62. The molecule has 0 aliphatic rings. The van der Waals surface area contributed by atoms with Gasteiger partial charge in [-0.15, -0.1) is 0 Å². The van der Waals surface area contributed by atoms with Crippen molar-refractivity contribution >= 4 is 23.2 Å². The first-order chi connectivity index (χ1) is 11.6. The van der Waals surface area contributed by atoms with Gasteiger partial charge in [-0.1, -0.05) is 23.7 Å².